The summed E-state index contributed by atoms with van der Waals surface area (Å²) in [4.78, 5) is 52.8. The summed E-state index contributed by atoms with van der Waals surface area (Å²) < 4.78 is 0. The molecule has 0 aromatic heterocycles. The molecule has 142 valence electrons. The van der Waals surface area contributed by atoms with Gasteiger partial charge >= 0.3 is 0 Å². The number of imide groups is 1. The fourth-order valence-electron chi connectivity index (χ4n) is 3.70. The first-order valence-corrected chi connectivity index (χ1v) is 9.15. The molecule has 1 fully saturated rings. The second-order valence-electron chi connectivity index (χ2n) is 6.75. The number of nitrogens with one attached hydrogen (secondary N) is 1. The minimum atomic E-state index is -0.704. The molecule has 2 aliphatic heterocycles. The molecule has 7 nitrogen and oxygen atoms in total. The average Bonchev–Trinajstić information content (AvgIpc) is 2.97. The van der Waals surface area contributed by atoms with Crippen molar-refractivity contribution in [2.45, 2.75) is 12.5 Å². The molecule has 1 atom stereocenters. The fourth-order valence-corrected chi connectivity index (χ4v) is 3.70. The molecule has 1 N–H and O–H groups in total. The number of piperazine rings is 1. The van der Waals surface area contributed by atoms with E-state index in [0.717, 1.165) is 10.5 Å². The average molecular weight is 377 g/mol. The van der Waals surface area contributed by atoms with E-state index < -0.39 is 6.04 Å². The molecule has 4 rings (SSSR count). The highest BCUT2D eigenvalue weighted by Gasteiger charge is 2.37. The van der Waals surface area contributed by atoms with Crippen LogP contribution in [0.4, 0.5) is 0 Å². The summed E-state index contributed by atoms with van der Waals surface area (Å²) in [6, 6.07) is 15.0. The molecule has 0 aliphatic carbocycles. The van der Waals surface area contributed by atoms with Crippen molar-refractivity contribution in [3.05, 3.63) is 71.3 Å². The standard InChI is InChI=1S/C21H19N3O4/c25-17(10-12-24-20(27)15-8-4-5-9-16(15)21(24)28)23-13-11-22-19(26)18(23)14-6-2-1-3-7-14/h1-9,18H,10-13H2,(H,22,26). The van der Waals surface area contributed by atoms with Crippen molar-refractivity contribution in [1.82, 2.24) is 15.1 Å². The molecule has 1 unspecified atom stereocenters. The van der Waals surface area contributed by atoms with Gasteiger partial charge in [0, 0.05) is 26.1 Å². The van der Waals surface area contributed by atoms with Crippen LogP contribution < -0.4 is 5.32 Å². The van der Waals surface area contributed by atoms with E-state index in [1.165, 1.54) is 4.90 Å². The lowest BCUT2D eigenvalue weighted by molar-refractivity contribution is -0.143. The number of benzene rings is 2. The lowest BCUT2D eigenvalue weighted by Crippen LogP contribution is -2.52. The van der Waals surface area contributed by atoms with Crippen molar-refractivity contribution in [3.8, 4) is 0 Å². The SMILES string of the molecule is O=C1NCCN(C(=O)CCN2C(=O)c3ccccc3C2=O)C1c1ccccc1. The Hall–Kier alpha value is -3.48. The van der Waals surface area contributed by atoms with E-state index in [2.05, 4.69) is 5.32 Å². The van der Waals surface area contributed by atoms with Crippen LogP contribution in [0.1, 0.15) is 38.7 Å². The van der Waals surface area contributed by atoms with Crippen LogP contribution in [0.15, 0.2) is 54.6 Å². The monoisotopic (exact) mass is 377 g/mol. The van der Waals surface area contributed by atoms with Gasteiger partial charge in [-0.1, -0.05) is 42.5 Å². The maximum Gasteiger partial charge on any atom is 0.261 e. The first kappa shape index (κ1) is 17.9. The summed E-state index contributed by atoms with van der Waals surface area (Å²) in [5, 5.41) is 2.79. The highest BCUT2D eigenvalue weighted by atomic mass is 16.2. The molecule has 0 bridgehead atoms. The summed E-state index contributed by atoms with van der Waals surface area (Å²) in [6.07, 6.45) is -0.0257. The molecule has 0 spiro atoms. The van der Waals surface area contributed by atoms with E-state index in [1.807, 2.05) is 18.2 Å². The molecule has 0 radical (unpaired) electrons. The molecular formula is C21H19N3O4. The summed E-state index contributed by atoms with van der Waals surface area (Å²) in [5.41, 5.74) is 1.45. The molecule has 2 aromatic carbocycles. The van der Waals surface area contributed by atoms with Crippen LogP contribution in [0.2, 0.25) is 0 Å². The highest BCUT2D eigenvalue weighted by molar-refractivity contribution is 6.21. The maximum atomic E-state index is 12.9. The Morgan fingerprint density at radius 1 is 0.929 bits per heavy atom. The second-order valence-corrected chi connectivity index (χ2v) is 6.75. The number of amides is 4. The zero-order valence-corrected chi connectivity index (χ0v) is 15.1. The van der Waals surface area contributed by atoms with Gasteiger partial charge in [0.15, 0.2) is 0 Å². The zero-order chi connectivity index (χ0) is 19.7. The summed E-state index contributed by atoms with van der Waals surface area (Å²) in [7, 11) is 0. The van der Waals surface area contributed by atoms with Crippen LogP contribution in [-0.2, 0) is 9.59 Å². The number of hydrogen-bond acceptors (Lipinski definition) is 4. The quantitative estimate of drug-likeness (QED) is 0.816. The zero-order valence-electron chi connectivity index (χ0n) is 15.1. The Kier molecular flexibility index (Phi) is 4.65. The van der Waals surface area contributed by atoms with E-state index in [-0.39, 0.29) is 36.6 Å². The van der Waals surface area contributed by atoms with E-state index in [9.17, 15) is 19.2 Å². The van der Waals surface area contributed by atoms with Gasteiger partial charge in [-0.15, -0.1) is 0 Å². The van der Waals surface area contributed by atoms with Gasteiger partial charge in [0.05, 0.1) is 11.1 Å². The van der Waals surface area contributed by atoms with Crippen molar-refractivity contribution in [2.24, 2.45) is 0 Å². The third kappa shape index (κ3) is 3.05. The summed E-state index contributed by atoms with van der Waals surface area (Å²) >= 11 is 0. The van der Waals surface area contributed by atoms with Crippen LogP contribution in [-0.4, -0.2) is 53.1 Å². The fraction of sp³-hybridized carbons (Fsp3) is 0.238. The Balaban J connectivity index is 1.48. The lowest BCUT2D eigenvalue weighted by atomic mass is 10.0. The molecule has 2 heterocycles. The van der Waals surface area contributed by atoms with Gasteiger partial charge in [-0.3, -0.25) is 24.1 Å². The molecule has 7 heteroatoms. The third-order valence-corrected chi connectivity index (χ3v) is 5.08. The predicted octanol–water partition coefficient (Wildman–Crippen LogP) is 1.37. The minimum absolute atomic E-state index is 0.00912. The highest BCUT2D eigenvalue weighted by Crippen LogP contribution is 2.25. The van der Waals surface area contributed by atoms with Gasteiger partial charge in [-0.25, -0.2) is 0 Å². The number of hydrogen-bond donors (Lipinski definition) is 1. The molecule has 0 saturated carbocycles. The van der Waals surface area contributed by atoms with Crippen molar-refractivity contribution in [2.75, 3.05) is 19.6 Å². The largest absolute Gasteiger partial charge is 0.352 e. The number of nitrogens with zero attached hydrogens (tertiary/aromatic N) is 2. The van der Waals surface area contributed by atoms with Crippen molar-refractivity contribution >= 4 is 23.6 Å². The van der Waals surface area contributed by atoms with Gasteiger partial charge in [0.25, 0.3) is 11.8 Å². The molecule has 1 saturated heterocycles. The Morgan fingerprint density at radius 3 is 2.18 bits per heavy atom. The topological polar surface area (TPSA) is 86.8 Å². The lowest BCUT2D eigenvalue weighted by Gasteiger charge is -2.35. The first-order valence-electron chi connectivity index (χ1n) is 9.15. The van der Waals surface area contributed by atoms with Crippen LogP contribution in [0.5, 0.6) is 0 Å². The predicted molar refractivity (Wildman–Crippen MR) is 100 cm³/mol. The van der Waals surface area contributed by atoms with Crippen LogP contribution in [0.25, 0.3) is 0 Å². The molecule has 2 aliphatic rings. The minimum Gasteiger partial charge on any atom is -0.352 e. The van der Waals surface area contributed by atoms with E-state index >= 15 is 0 Å². The maximum absolute atomic E-state index is 12.9. The van der Waals surface area contributed by atoms with Crippen LogP contribution in [0.3, 0.4) is 0 Å². The third-order valence-electron chi connectivity index (χ3n) is 5.08. The summed E-state index contributed by atoms with van der Waals surface area (Å²) in [5.74, 6) is -1.26. The van der Waals surface area contributed by atoms with Gasteiger partial charge < -0.3 is 10.2 Å². The van der Waals surface area contributed by atoms with Gasteiger partial charge in [-0.05, 0) is 17.7 Å². The van der Waals surface area contributed by atoms with Gasteiger partial charge in [0.1, 0.15) is 6.04 Å². The van der Waals surface area contributed by atoms with Gasteiger partial charge in [-0.2, -0.15) is 0 Å². The number of rotatable bonds is 4. The van der Waals surface area contributed by atoms with Crippen molar-refractivity contribution in [3.63, 3.8) is 0 Å². The molecule has 2 aromatic rings. The van der Waals surface area contributed by atoms with Crippen molar-refractivity contribution < 1.29 is 19.2 Å². The number of fused-ring (bicyclic) bond motifs is 1. The smallest absolute Gasteiger partial charge is 0.261 e. The molecule has 4 amide bonds. The Morgan fingerprint density at radius 2 is 1.54 bits per heavy atom. The summed E-state index contributed by atoms with van der Waals surface area (Å²) in [6.45, 7) is 0.748. The van der Waals surface area contributed by atoms with E-state index in [0.29, 0.717) is 24.2 Å². The Labute approximate surface area is 161 Å². The number of carbonyl (C=O) groups is 4. The Bertz CT molecular complexity index is 922. The first-order chi connectivity index (χ1) is 13.6. The van der Waals surface area contributed by atoms with Gasteiger partial charge in [0.2, 0.25) is 11.8 Å². The normalized spacial score (nSPS) is 18.9. The molecular weight excluding hydrogens is 358 g/mol. The van der Waals surface area contributed by atoms with E-state index in [1.54, 1.807) is 36.4 Å². The van der Waals surface area contributed by atoms with Crippen molar-refractivity contribution in [1.29, 1.82) is 0 Å². The number of carbonyl (C=O) groups excluding carboxylic acids is 4. The van der Waals surface area contributed by atoms with Crippen LogP contribution in [0, 0.1) is 0 Å². The van der Waals surface area contributed by atoms with E-state index in [4.69, 9.17) is 0 Å². The molecule has 28 heavy (non-hydrogen) atoms. The second kappa shape index (κ2) is 7.26. The van der Waals surface area contributed by atoms with Crippen LogP contribution >= 0.6 is 0 Å².